The molecule has 0 saturated heterocycles. The van der Waals surface area contributed by atoms with Gasteiger partial charge in [-0.05, 0) is 36.1 Å². The van der Waals surface area contributed by atoms with Gasteiger partial charge in [0.05, 0.1) is 11.5 Å². The Morgan fingerprint density at radius 3 is 2.53 bits per heavy atom. The third kappa shape index (κ3) is 2.77. The lowest BCUT2D eigenvalue weighted by Crippen LogP contribution is -2.22. The lowest BCUT2D eigenvalue weighted by Gasteiger charge is -2.21. The summed E-state index contributed by atoms with van der Waals surface area (Å²) in [7, 11) is 0. The lowest BCUT2D eigenvalue weighted by molar-refractivity contribution is 0.612. The summed E-state index contributed by atoms with van der Waals surface area (Å²) in [6.07, 6.45) is 0.767. The number of thiophene rings is 1. The van der Waals surface area contributed by atoms with Crippen LogP contribution < -0.4 is 0 Å². The number of benzene rings is 1. The minimum atomic E-state index is -0.453. The van der Waals surface area contributed by atoms with Crippen LogP contribution in [-0.4, -0.2) is 0 Å². The normalized spacial score (nSPS) is 13.9. The van der Waals surface area contributed by atoms with E-state index in [0.717, 1.165) is 16.5 Å². The van der Waals surface area contributed by atoms with E-state index in [9.17, 15) is 5.26 Å². The van der Waals surface area contributed by atoms with Gasteiger partial charge in [-0.15, -0.1) is 11.3 Å². The molecule has 0 fully saturated rings. The van der Waals surface area contributed by atoms with Crippen LogP contribution >= 0.6 is 27.3 Å². The van der Waals surface area contributed by atoms with Crippen LogP contribution in [0.3, 0.4) is 0 Å². The molecule has 0 aliphatic heterocycles. The fourth-order valence-electron chi connectivity index (χ4n) is 1.79. The van der Waals surface area contributed by atoms with Crippen molar-refractivity contribution in [1.82, 2.24) is 0 Å². The van der Waals surface area contributed by atoms with E-state index >= 15 is 0 Å². The van der Waals surface area contributed by atoms with Crippen molar-refractivity contribution >= 4 is 27.3 Å². The van der Waals surface area contributed by atoms with E-state index in [1.54, 1.807) is 11.3 Å². The van der Waals surface area contributed by atoms with Crippen molar-refractivity contribution in [2.24, 2.45) is 0 Å². The molecule has 1 aromatic heterocycles. The Morgan fingerprint density at radius 2 is 2.00 bits per heavy atom. The van der Waals surface area contributed by atoms with Gasteiger partial charge < -0.3 is 0 Å². The molecular formula is C14H12BrNS. The molecule has 1 atom stereocenters. The van der Waals surface area contributed by atoms with Crippen molar-refractivity contribution in [3.8, 4) is 6.07 Å². The van der Waals surface area contributed by atoms with E-state index in [1.807, 2.05) is 37.3 Å². The Morgan fingerprint density at radius 1 is 1.29 bits per heavy atom. The average Bonchev–Trinajstić information content (AvgIpc) is 2.82. The second-order valence-corrected chi connectivity index (χ2v) is 6.15. The van der Waals surface area contributed by atoms with Gasteiger partial charge in [0, 0.05) is 15.8 Å². The Bertz CT molecular complexity index is 524. The number of hydrogen-bond donors (Lipinski definition) is 0. The van der Waals surface area contributed by atoms with E-state index in [-0.39, 0.29) is 0 Å². The molecule has 0 aliphatic carbocycles. The van der Waals surface area contributed by atoms with E-state index in [2.05, 4.69) is 33.4 Å². The minimum absolute atomic E-state index is 0.453. The highest BCUT2D eigenvalue weighted by atomic mass is 79.9. The largest absolute Gasteiger partial charge is 0.197 e. The van der Waals surface area contributed by atoms with Gasteiger partial charge in [-0.25, -0.2) is 0 Å². The molecule has 2 aromatic rings. The highest BCUT2D eigenvalue weighted by Crippen LogP contribution is 2.30. The van der Waals surface area contributed by atoms with E-state index in [4.69, 9.17) is 0 Å². The first kappa shape index (κ1) is 12.3. The maximum Gasteiger partial charge on any atom is 0.0842 e. The van der Waals surface area contributed by atoms with Crippen LogP contribution in [-0.2, 0) is 11.8 Å². The molecule has 0 spiro atoms. The number of nitrogens with zero attached hydrogens (tertiary/aromatic N) is 1. The summed E-state index contributed by atoms with van der Waals surface area (Å²) < 4.78 is 1.04. The number of hydrogen-bond acceptors (Lipinski definition) is 2. The van der Waals surface area contributed by atoms with Crippen LogP contribution in [0.5, 0.6) is 0 Å². The van der Waals surface area contributed by atoms with Gasteiger partial charge in [-0.1, -0.05) is 34.1 Å². The molecule has 0 radical (unpaired) electrons. The fraction of sp³-hybridized carbons (Fsp3) is 0.214. The third-order valence-electron chi connectivity index (χ3n) is 2.84. The molecule has 1 nitrogen and oxygen atoms in total. The standard InChI is InChI=1S/C14H12BrNS/c1-14(10-16,9-13-3-2-8-17-13)11-4-6-12(15)7-5-11/h2-8H,9H2,1H3. The van der Waals surface area contributed by atoms with Crippen molar-refractivity contribution in [1.29, 1.82) is 5.26 Å². The van der Waals surface area contributed by atoms with Crippen molar-refractivity contribution in [3.63, 3.8) is 0 Å². The number of rotatable bonds is 3. The third-order valence-corrected chi connectivity index (χ3v) is 4.24. The summed E-state index contributed by atoms with van der Waals surface area (Å²) >= 11 is 5.12. The summed E-state index contributed by atoms with van der Waals surface area (Å²) in [4.78, 5) is 1.25. The van der Waals surface area contributed by atoms with Crippen LogP contribution in [0.15, 0.2) is 46.3 Å². The summed E-state index contributed by atoms with van der Waals surface area (Å²) in [5.74, 6) is 0. The monoisotopic (exact) mass is 305 g/mol. The maximum absolute atomic E-state index is 9.45. The summed E-state index contributed by atoms with van der Waals surface area (Å²) in [6.45, 7) is 2.00. The minimum Gasteiger partial charge on any atom is -0.197 e. The zero-order valence-corrected chi connectivity index (χ0v) is 11.9. The second kappa shape index (κ2) is 5.03. The molecule has 1 aromatic carbocycles. The molecule has 86 valence electrons. The van der Waals surface area contributed by atoms with Gasteiger partial charge in [-0.3, -0.25) is 0 Å². The average molecular weight is 306 g/mol. The van der Waals surface area contributed by atoms with Crippen LogP contribution in [0.4, 0.5) is 0 Å². The van der Waals surface area contributed by atoms with Gasteiger partial charge in [-0.2, -0.15) is 5.26 Å². The highest BCUT2D eigenvalue weighted by molar-refractivity contribution is 9.10. The summed E-state index contributed by atoms with van der Waals surface area (Å²) in [6, 6.07) is 14.6. The Kier molecular flexibility index (Phi) is 3.66. The van der Waals surface area contributed by atoms with Crippen molar-refractivity contribution in [3.05, 3.63) is 56.7 Å². The van der Waals surface area contributed by atoms with Crippen LogP contribution in [0.2, 0.25) is 0 Å². The quantitative estimate of drug-likeness (QED) is 0.817. The van der Waals surface area contributed by atoms with Crippen LogP contribution in [0.25, 0.3) is 0 Å². The Balaban J connectivity index is 2.31. The molecule has 3 heteroatoms. The van der Waals surface area contributed by atoms with Crippen LogP contribution in [0.1, 0.15) is 17.4 Å². The number of halogens is 1. The topological polar surface area (TPSA) is 23.8 Å². The fourth-order valence-corrected chi connectivity index (χ4v) is 2.91. The zero-order chi connectivity index (χ0) is 12.3. The molecule has 1 unspecified atom stereocenters. The highest BCUT2D eigenvalue weighted by Gasteiger charge is 2.27. The van der Waals surface area contributed by atoms with Crippen molar-refractivity contribution in [2.75, 3.05) is 0 Å². The summed E-state index contributed by atoms with van der Waals surface area (Å²) in [5, 5.41) is 11.5. The molecule has 2 rings (SSSR count). The van der Waals surface area contributed by atoms with E-state index < -0.39 is 5.41 Å². The van der Waals surface area contributed by atoms with Gasteiger partial charge in [0.25, 0.3) is 0 Å². The van der Waals surface area contributed by atoms with Crippen LogP contribution in [0, 0.1) is 11.3 Å². The Labute approximate surface area is 114 Å². The predicted molar refractivity (Wildman–Crippen MR) is 75.1 cm³/mol. The molecule has 0 aliphatic rings. The molecule has 1 heterocycles. The molecule has 17 heavy (non-hydrogen) atoms. The Hall–Kier alpha value is -1.11. The first-order valence-electron chi connectivity index (χ1n) is 5.34. The van der Waals surface area contributed by atoms with Gasteiger partial charge in [0.15, 0.2) is 0 Å². The number of nitriles is 1. The zero-order valence-electron chi connectivity index (χ0n) is 9.48. The SMILES string of the molecule is CC(C#N)(Cc1cccs1)c1ccc(Br)cc1. The second-order valence-electron chi connectivity index (χ2n) is 4.21. The maximum atomic E-state index is 9.45. The van der Waals surface area contributed by atoms with E-state index in [0.29, 0.717) is 0 Å². The molecule has 0 N–H and O–H groups in total. The van der Waals surface area contributed by atoms with Crippen molar-refractivity contribution in [2.45, 2.75) is 18.8 Å². The van der Waals surface area contributed by atoms with Crippen molar-refractivity contribution < 1.29 is 0 Å². The first-order valence-corrected chi connectivity index (χ1v) is 7.01. The molecule has 0 amide bonds. The predicted octanol–water partition coefficient (Wildman–Crippen LogP) is 4.53. The molecule has 0 saturated carbocycles. The van der Waals surface area contributed by atoms with E-state index in [1.165, 1.54) is 4.88 Å². The smallest absolute Gasteiger partial charge is 0.0842 e. The van der Waals surface area contributed by atoms with Gasteiger partial charge in [0.1, 0.15) is 0 Å². The van der Waals surface area contributed by atoms with Gasteiger partial charge in [0.2, 0.25) is 0 Å². The lowest BCUT2D eigenvalue weighted by atomic mass is 9.80. The molecular weight excluding hydrogens is 294 g/mol. The summed E-state index contributed by atoms with van der Waals surface area (Å²) in [5.41, 5.74) is 0.613. The van der Waals surface area contributed by atoms with Gasteiger partial charge >= 0.3 is 0 Å². The first-order chi connectivity index (χ1) is 8.14. The molecule has 0 bridgehead atoms.